The molecule has 0 spiro atoms. The van der Waals surface area contributed by atoms with Crippen molar-refractivity contribution in [2.24, 2.45) is 0 Å². The molecule has 0 bridgehead atoms. The van der Waals surface area contributed by atoms with Crippen molar-refractivity contribution in [3.63, 3.8) is 0 Å². The van der Waals surface area contributed by atoms with Gasteiger partial charge in [0.05, 0.1) is 5.25 Å². The van der Waals surface area contributed by atoms with Gasteiger partial charge in [-0.15, -0.1) is 10.2 Å². The quantitative estimate of drug-likeness (QED) is 0.622. The van der Waals surface area contributed by atoms with Crippen LogP contribution in [0.3, 0.4) is 0 Å². The second-order valence-electron chi connectivity index (χ2n) is 6.06. The largest absolute Gasteiger partial charge is 0.325 e. The monoisotopic (exact) mass is 384 g/mol. The normalized spacial score (nSPS) is 12.0. The summed E-state index contributed by atoms with van der Waals surface area (Å²) in [6.45, 7) is 4.57. The molecule has 0 saturated carbocycles. The fourth-order valence-corrected chi connectivity index (χ4v) is 3.55. The summed E-state index contributed by atoms with van der Waals surface area (Å²) in [6, 6.07) is 15.8. The number of carbonyl (C=O) groups is 1. The highest BCUT2D eigenvalue weighted by atomic mass is 32.2. The fraction of sp³-hybridized carbons (Fsp3) is 0.250. The summed E-state index contributed by atoms with van der Waals surface area (Å²) in [5, 5.41) is 11.7. The van der Waals surface area contributed by atoms with Gasteiger partial charge in [-0.1, -0.05) is 42.1 Å². The van der Waals surface area contributed by atoms with Crippen molar-refractivity contribution in [2.75, 3.05) is 5.32 Å². The van der Waals surface area contributed by atoms with E-state index >= 15 is 0 Å². The molecule has 1 heterocycles. The van der Waals surface area contributed by atoms with Crippen molar-refractivity contribution in [3.8, 4) is 0 Å². The molecule has 5 nitrogen and oxygen atoms in total. The second-order valence-corrected chi connectivity index (χ2v) is 7.37. The third kappa shape index (κ3) is 4.95. The summed E-state index contributed by atoms with van der Waals surface area (Å²) >= 11 is 1.36. The van der Waals surface area contributed by atoms with E-state index in [0.717, 1.165) is 12.4 Å². The average molecular weight is 384 g/mol. The molecular weight excluding hydrogens is 363 g/mol. The topological polar surface area (TPSA) is 59.8 Å². The number of hydrogen-bond acceptors (Lipinski definition) is 4. The standard InChI is InChI=1S/C20H21FN4OS/c1-3-25-18(13-15-7-5-4-6-8-15)23-24-20(25)27-14(2)19(26)22-17-11-9-16(21)10-12-17/h4-12,14H,3,13H2,1-2H3,(H,22,26)/t14-/m1/s1. The molecule has 1 aromatic heterocycles. The predicted molar refractivity (Wildman–Crippen MR) is 105 cm³/mol. The Morgan fingerprint density at radius 1 is 1.15 bits per heavy atom. The van der Waals surface area contributed by atoms with Crippen LogP contribution in [0, 0.1) is 5.82 Å². The van der Waals surface area contributed by atoms with Crippen molar-refractivity contribution in [3.05, 3.63) is 71.8 Å². The van der Waals surface area contributed by atoms with Gasteiger partial charge in [-0.05, 0) is 43.7 Å². The lowest BCUT2D eigenvalue weighted by molar-refractivity contribution is -0.115. The molecule has 0 aliphatic rings. The molecule has 3 aromatic rings. The van der Waals surface area contributed by atoms with Crippen molar-refractivity contribution >= 4 is 23.4 Å². The van der Waals surface area contributed by atoms with E-state index in [9.17, 15) is 9.18 Å². The lowest BCUT2D eigenvalue weighted by Crippen LogP contribution is -2.23. The number of hydrogen-bond donors (Lipinski definition) is 1. The third-order valence-electron chi connectivity index (χ3n) is 4.08. The van der Waals surface area contributed by atoms with E-state index in [-0.39, 0.29) is 17.0 Å². The number of rotatable bonds is 7. The Bertz CT molecular complexity index is 896. The van der Waals surface area contributed by atoms with Crippen LogP contribution in [0.25, 0.3) is 0 Å². The Labute approximate surface area is 162 Å². The van der Waals surface area contributed by atoms with Crippen LogP contribution in [-0.2, 0) is 17.8 Å². The van der Waals surface area contributed by atoms with Crippen molar-refractivity contribution in [1.29, 1.82) is 0 Å². The van der Waals surface area contributed by atoms with Gasteiger partial charge < -0.3 is 9.88 Å². The maximum Gasteiger partial charge on any atom is 0.237 e. The molecule has 1 atom stereocenters. The molecule has 0 radical (unpaired) electrons. The minimum Gasteiger partial charge on any atom is -0.325 e. The number of nitrogens with zero attached hydrogens (tertiary/aromatic N) is 3. The molecule has 27 heavy (non-hydrogen) atoms. The molecule has 2 aromatic carbocycles. The summed E-state index contributed by atoms with van der Waals surface area (Å²) in [4.78, 5) is 12.4. The minimum absolute atomic E-state index is 0.165. The zero-order valence-corrected chi connectivity index (χ0v) is 16.0. The number of benzene rings is 2. The van der Waals surface area contributed by atoms with Gasteiger partial charge in [0.2, 0.25) is 5.91 Å². The van der Waals surface area contributed by atoms with Gasteiger partial charge >= 0.3 is 0 Å². The lowest BCUT2D eigenvalue weighted by Gasteiger charge is -2.13. The van der Waals surface area contributed by atoms with E-state index in [2.05, 4.69) is 27.6 Å². The summed E-state index contributed by atoms with van der Waals surface area (Å²) in [7, 11) is 0. The van der Waals surface area contributed by atoms with Gasteiger partial charge in [0.1, 0.15) is 11.6 Å². The zero-order chi connectivity index (χ0) is 19.2. The highest BCUT2D eigenvalue weighted by Crippen LogP contribution is 2.24. The average Bonchev–Trinajstić information content (AvgIpc) is 3.05. The summed E-state index contributed by atoms with van der Waals surface area (Å²) < 4.78 is 15.0. The Kier molecular flexibility index (Phi) is 6.24. The second kappa shape index (κ2) is 8.81. The third-order valence-corrected chi connectivity index (χ3v) is 5.16. The Hall–Kier alpha value is -2.67. The predicted octanol–water partition coefficient (Wildman–Crippen LogP) is 4.15. The zero-order valence-electron chi connectivity index (χ0n) is 15.2. The van der Waals surface area contributed by atoms with Crippen LogP contribution >= 0.6 is 11.8 Å². The Balaban J connectivity index is 1.67. The summed E-state index contributed by atoms with van der Waals surface area (Å²) in [5.41, 5.74) is 1.73. The van der Waals surface area contributed by atoms with Crippen molar-refractivity contribution < 1.29 is 9.18 Å². The number of aromatic nitrogens is 3. The number of amides is 1. The number of anilines is 1. The Morgan fingerprint density at radius 2 is 1.85 bits per heavy atom. The van der Waals surface area contributed by atoms with E-state index in [4.69, 9.17) is 0 Å². The Morgan fingerprint density at radius 3 is 2.52 bits per heavy atom. The van der Waals surface area contributed by atoms with Gasteiger partial charge in [0.15, 0.2) is 5.16 Å². The van der Waals surface area contributed by atoms with Gasteiger partial charge in [0, 0.05) is 18.7 Å². The van der Waals surface area contributed by atoms with Crippen LogP contribution in [0.15, 0.2) is 59.8 Å². The molecule has 0 aliphatic heterocycles. The van der Waals surface area contributed by atoms with Crippen LogP contribution in [0.5, 0.6) is 0 Å². The highest BCUT2D eigenvalue weighted by Gasteiger charge is 2.20. The minimum atomic E-state index is -0.367. The number of carbonyl (C=O) groups excluding carboxylic acids is 1. The SMILES string of the molecule is CCn1c(Cc2ccccc2)nnc1S[C@H](C)C(=O)Nc1ccc(F)cc1. The maximum atomic E-state index is 13.0. The molecule has 3 rings (SSSR count). The first-order chi connectivity index (χ1) is 13.1. The smallest absolute Gasteiger partial charge is 0.237 e. The first-order valence-corrected chi connectivity index (χ1v) is 9.64. The molecule has 7 heteroatoms. The van der Waals surface area contributed by atoms with Crippen molar-refractivity contribution in [2.45, 2.75) is 37.2 Å². The maximum absolute atomic E-state index is 13.0. The molecule has 0 unspecified atom stereocenters. The van der Waals surface area contributed by atoms with Crippen LogP contribution in [0.2, 0.25) is 0 Å². The first-order valence-electron chi connectivity index (χ1n) is 8.76. The number of halogens is 1. The van der Waals surface area contributed by atoms with Crippen LogP contribution < -0.4 is 5.32 Å². The van der Waals surface area contributed by atoms with E-state index in [1.54, 1.807) is 0 Å². The number of nitrogens with one attached hydrogen (secondary N) is 1. The molecule has 140 valence electrons. The highest BCUT2D eigenvalue weighted by molar-refractivity contribution is 8.00. The fourth-order valence-electron chi connectivity index (χ4n) is 2.62. The van der Waals surface area contributed by atoms with Gasteiger partial charge in [-0.3, -0.25) is 4.79 Å². The molecular formula is C20H21FN4OS. The van der Waals surface area contributed by atoms with E-state index < -0.39 is 0 Å². The molecule has 1 N–H and O–H groups in total. The summed E-state index contributed by atoms with van der Waals surface area (Å²) in [6.07, 6.45) is 0.693. The first kappa shape index (κ1) is 19.1. The van der Waals surface area contributed by atoms with E-state index in [0.29, 0.717) is 17.3 Å². The van der Waals surface area contributed by atoms with E-state index in [1.165, 1.54) is 41.6 Å². The van der Waals surface area contributed by atoms with Gasteiger partial charge in [-0.2, -0.15) is 0 Å². The van der Waals surface area contributed by atoms with Crippen LogP contribution in [-0.4, -0.2) is 25.9 Å². The molecule has 0 aliphatic carbocycles. The van der Waals surface area contributed by atoms with Crippen LogP contribution in [0.1, 0.15) is 25.2 Å². The lowest BCUT2D eigenvalue weighted by atomic mass is 10.1. The molecule has 0 saturated heterocycles. The van der Waals surface area contributed by atoms with Gasteiger partial charge in [0.25, 0.3) is 0 Å². The summed E-state index contributed by atoms with van der Waals surface area (Å²) in [5.74, 6) is 0.372. The van der Waals surface area contributed by atoms with Crippen LogP contribution in [0.4, 0.5) is 10.1 Å². The van der Waals surface area contributed by atoms with E-state index in [1.807, 2.05) is 36.6 Å². The molecule has 1 amide bonds. The van der Waals surface area contributed by atoms with Gasteiger partial charge in [-0.25, -0.2) is 4.39 Å². The number of thioether (sulfide) groups is 1. The molecule has 0 fully saturated rings. The van der Waals surface area contributed by atoms with Crippen molar-refractivity contribution in [1.82, 2.24) is 14.8 Å².